The first-order valence-corrected chi connectivity index (χ1v) is 12.1. The second-order valence-electron chi connectivity index (χ2n) is 7.20. The van der Waals surface area contributed by atoms with Crippen molar-refractivity contribution >= 4 is 38.0 Å². The molecule has 29 heavy (non-hydrogen) atoms. The quantitative estimate of drug-likeness (QED) is 0.687. The summed E-state index contributed by atoms with van der Waals surface area (Å²) in [4.78, 5) is 26.4. The van der Waals surface area contributed by atoms with E-state index >= 15 is 0 Å². The Kier molecular flexibility index (Phi) is 7.18. The summed E-state index contributed by atoms with van der Waals surface area (Å²) in [5, 5.41) is 2.98. The van der Waals surface area contributed by atoms with Crippen molar-refractivity contribution in [2.75, 3.05) is 26.2 Å². The first-order valence-electron chi connectivity index (χ1n) is 9.82. The smallest absolute Gasteiger partial charge is 0.409 e. The van der Waals surface area contributed by atoms with Gasteiger partial charge in [-0.25, -0.2) is 13.2 Å². The Morgan fingerprint density at radius 1 is 1.14 bits per heavy atom. The van der Waals surface area contributed by atoms with E-state index in [0.717, 1.165) is 4.47 Å². The van der Waals surface area contributed by atoms with E-state index in [2.05, 4.69) is 21.2 Å². The lowest BCUT2D eigenvalue weighted by atomic mass is 10.0. The van der Waals surface area contributed by atoms with Crippen LogP contribution in [0.1, 0.15) is 32.6 Å². The average molecular weight is 488 g/mol. The molecule has 10 heteroatoms. The molecule has 2 aliphatic heterocycles. The molecule has 0 radical (unpaired) electrons. The number of hydrogen-bond donors (Lipinski definition) is 1. The van der Waals surface area contributed by atoms with Crippen molar-refractivity contribution in [3.05, 3.63) is 28.7 Å². The van der Waals surface area contributed by atoms with Gasteiger partial charge in [-0.2, -0.15) is 4.31 Å². The number of piperidine rings is 1. The third kappa shape index (κ3) is 5.10. The van der Waals surface area contributed by atoms with Crippen molar-refractivity contribution in [1.82, 2.24) is 14.5 Å². The average Bonchev–Trinajstić information content (AvgIpc) is 3.20. The molecule has 0 saturated carbocycles. The summed E-state index contributed by atoms with van der Waals surface area (Å²) >= 11 is 3.30. The Hall–Kier alpha value is -1.65. The minimum atomic E-state index is -3.73. The number of ether oxygens (including phenoxy) is 1. The number of sulfonamides is 1. The predicted octanol–water partition coefficient (Wildman–Crippen LogP) is 2.34. The Labute approximate surface area is 179 Å². The fraction of sp³-hybridized carbons (Fsp3) is 0.579. The summed E-state index contributed by atoms with van der Waals surface area (Å²) in [6.45, 7) is 3.45. The van der Waals surface area contributed by atoms with Gasteiger partial charge < -0.3 is 15.0 Å². The van der Waals surface area contributed by atoms with Crippen molar-refractivity contribution in [3.8, 4) is 0 Å². The molecule has 0 spiro atoms. The Morgan fingerprint density at radius 2 is 1.79 bits per heavy atom. The van der Waals surface area contributed by atoms with E-state index in [0.29, 0.717) is 51.9 Å². The zero-order valence-electron chi connectivity index (χ0n) is 16.3. The van der Waals surface area contributed by atoms with E-state index in [9.17, 15) is 18.0 Å². The third-order valence-corrected chi connectivity index (χ3v) is 7.74. The van der Waals surface area contributed by atoms with Crippen molar-refractivity contribution in [3.63, 3.8) is 0 Å². The summed E-state index contributed by atoms with van der Waals surface area (Å²) in [5.74, 6) is -0.266. The molecule has 0 aliphatic carbocycles. The van der Waals surface area contributed by atoms with Crippen LogP contribution >= 0.6 is 15.9 Å². The number of likely N-dealkylation sites (tertiary alicyclic amines) is 1. The topological polar surface area (TPSA) is 96.0 Å². The molecule has 1 aromatic rings. The molecule has 8 nitrogen and oxygen atoms in total. The molecule has 2 fully saturated rings. The number of halogens is 1. The molecule has 2 heterocycles. The predicted molar refractivity (Wildman–Crippen MR) is 111 cm³/mol. The van der Waals surface area contributed by atoms with E-state index in [4.69, 9.17) is 4.74 Å². The van der Waals surface area contributed by atoms with Crippen LogP contribution in [-0.2, 0) is 19.6 Å². The first-order chi connectivity index (χ1) is 13.8. The van der Waals surface area contributed by atoms with Crippen molar-refractivity contribution < 1.29 is 22.7 Å². The van der Waals surface area contributed by atoms with Gasteiger partial charge in [0.05, 0.1) is 11.5 Å². The number of nitrogens with zero attached hydrogens (tertiary/aromatic N) is 2. The molecular formula is C19H26BrN3O5S. The summed E-state index contributed by atoms with van der Waals surface area (Å²) in [6, 6.07) is 5.65. The van der Waals surface area contributed by atoms with Crippen molar-refractivity contribution in [2.24, 2.45) is 0 Å². The highest BCUT2D eigenvalue weighted by atomic mass is 79.9. The fourth-order valence-corrected chi connectivity index (χ4v) is 5.67. The Bertz CT molecular complexity index is 838. The van der Waals surface area contributed by atoms with Gasteiger partial charge >= 0.3 is 6.09 Å². The minimum Gasteiger partial charge on any atom is -0.450 e. The molecule has 0 aromatic heterocycles. The van der Waals surface area contributed by atoms with Gasteiger partial charge in [0.15, 0.2) is 0 Å². The van der Waals surface area contributed by atoms with E-state index < -0.39 is 16.1 Å². The largest absolute Gasteiger partial charge is 0.450 e. The molecule has 1 unspecified atom stereocenters. The highest BCUT2D eigenvalue weighted by Gasteiger charge is 2.40. The summed E-state index contributed by atoms with van der Waals surface area (Å²) in [5.41, 5.74) is 0. The lowest BCUT2D eigenvalue weighted by molar-refractivity contribution is -0.125. The SMILES string of the molecule is CCOC(=O)N1CCC(NC(=O)C2CCCN2S(=O)(=O)c2ccc(Br)cc2)CC1. The van der Waals surface area contributed by atoms with Gasteiger partial charge in [-0.1, -0.05) is 15.9 Å². The number of amides is 2. The zero-order chi connectivity index (χ0) is 21.0. The van der Waals surface area contributed by atoms with Crippen LogP contribution in [0.5, 0.6) is 0 Å². The molecule has 160 valence electrons. The van der Waals surface area contributed by atoms with Gasteiger partial charge in [0.25, 0.3) is 0 Å². The Balaban J connectivity index is 1.61. The van der Waals surface area contributed by atoms with Crippen LogP contribution in [0.25, 0.3) is 0 Å². The van der Waals surface area contributed by atoms with Gasteiger partial charge in [-0.05, 0) is 56.9 Å². The zero-order valence-corrected chi connectivity index (χ0v) is 18.7. The number of rotatable bonds is 5. The van der Waals surface area contributed by atoms with Crippen LogP contribution in [-0.4, -0.2) is 67.9 Å². The molecule has 0 bridgehead atoms. The maximum atomic E-state index is 13.0. The van der Waals surface area contributed by atoms with Crippen molar-refractivity contribution in [1.29, 1.82) is 0 Å². The lowest BCUT2D eigenvalue weighted by Crippen LogP contribution is -2.52. The van der Waals surface area contributed by atoms with Gasteiger partial charge in [0.1, 0.15) is 6.04 Å². The maximum absolute atomic E-state index is 13.0. The number of hydrogen-bond acceptors (Lipinski definition) is 5. The standard InChI is InChI=1S/C19H26BrN3O5S/c1-2-28-19(25)22-12-9-15(10-13-22)21-18(24)17-4-3-11-23(17)29(26,27)16-7-5-14(20)6-8-16/h5-8,15,17H,2-4,9-13H2,1H3,(H,21,24). The summed E-state index contributed by atoms with van der Waals surface area (Å²) in [6.07, 6.45) is 2.06. The maximum Gasteiger partial charge on any atom is 0.409 e. The summed E-state index contributed by atoms with van der Waals surface area (Å²) in [7, 11) is -3.73. The van der Waals surface area contributed by atoms with Crippen LogP contribution in [0.3, 0.4) is 0 Å². The minimum absolute atomic E-state index is 0.0778. The molecule has 2 saturated heterocycles. The lowest BCUT2D eigenvalue weighted by Gasteiger charge is -2.33. The number of carbonyl (C=O) groups excluding carboxylic acids is 2. The van der Waals surface area contributed by atoms with Crippen LogP contribution in [0, 0.1) is 0 Å². The van der Waals surface area contributed by atoms with Crippen LogP contribution in [0.2, 0.25) is 0 Å². The normalized spacial score (nSPS) is 21.2. The van der Waals surface area contributed by atoms with E-state index in [1.165, 1.54) is 16.4 Å². The Morgan fingerprint density at radius 3 is 2.41 bits per heavy atom. The van der Waals surface area contributed by atoms with E-state index in [1.807, 2.05) is 0 Å². The molecular weight excluding hydrogens is 462 g/mol. The van der Waals surface area contributed by atoms with Crippen LogP contribution in [0.4, 0.5) is 4.79 Å². The van der Waals surface area contributed by atoms with Gasteiger partial charge in [0, 0.05) is 30.1 Å². The van der Waals surface area contributed by atoms with Crippen LogP contribution < -0.4 is 5.32 Å². The fourth-order valence-electron chi connectivity index (χ4n) is 3.75. The molecule has 1 N–H and O–H groups in total. The molecule has 2 aliphatic rings. The third-order valence-electron chi connectivity index (χ3n) is 5.29. The van der Waals surface area contributed by atoms with Gasteiger partial charge in [-0.3, -0.25) is 4.79 Å². The second kappa shape index (κ2) is 9.44. The van der Waals surface area contributed by atoms with Crippen LogP contribution in [0.15, 0.2) is 33.6 Å². The summed E-state index contributed by atoms with van der Waals surface area (Å²) < 4.78 is 33.1. The van der Waals surface area contributed by atoms with E-state index in [1.54, 1.807) is 24.0 Å². The number of nitrogens with one attached hydrogen (secondary N) is 1. The number of carbonyl (C=O) groups is 2. The first kappa shape index (κ1) is 22.0. The highest BCUT2D eigenvalue weighted by molar-refractivity contribution is 9.10. The monoisotopic (exact) mass is 487 g/mol. The van der Waals surface area contributed by atoms with Crippen molar-refractivity contribution in [2.45, 2.75) is 49.6 Å². The molecule has 2 amide bonds. The molecule has 3 rings (SSSR count). The van der Waals surface area contributed by atoms with E-state index in [-0.39, 0.29) is 22.9 Å². The van der Waals surface area contributed by atoms with Gasteiger partial charge in [0.2, 0.25) is 15.9 Å². The molecule has 1 aromatic carbocycles. The van der Waals surface area contributed by atoms with Gasteiger partial charge in [-0.15, -0.1) is 0 Å². The second-order valence-corrected chi connectivity index (χ2v) is 10.0. The number of benzene rings is 1. The molecule has 1 atom stereocenters. The highest BCUT2D eigenvalue weighted by Crippen LogP contribution is 2.27.